The Kier molecular flexibility index (Phi) is 4.66. The second kappa shape index (κ2) is 6.47. The van der Waals surface area contributed by atoms with E-state index >= 15 is 0 Å². The van der Waals surface area contributed by atoms with Crippen LogP contribution >= 0.6 is 0 Å². The Balaban J connectivity index is 2.52. The van der Waals surface area contributed by atoms with E-state index in [0.29, 0.717) is 12.1 Å². The van der Waals surface area contributed by atoms with Crippen molar-refractivity contribution in [3.63, 3.8) is 0 Å². The molecule has 21 heavy (non-hydrogen) atoms. The van der Waals surface area contributed by atoms with Crippen molar-refractivity contribution in [3.05, 3.63) is 60.2 Å². The van der Waals surface area contributed by atoms with Crippen LogP contribution in [0.3, 0.4) is 0 Å². The number of nitrogens with zero attached hydrogens (tertiary/aromatic N) is 1. The molecule has 0 unspecified atom stereocenters. The van der Waals surface area contributed by atoms with E-state index in [9.17, 15) is 8.42 Å². The molecular formula is C17H17NO2S. The highest BCUT2D eigenvalue weighted by molar-refractivity contribution is 7.93. The fourth-order valence-electron chi connectivity index (χ4n) is 1.79. The lowest BCUT2D eigenvalue weighted by atomic mass is 10.2. The van der Waals surface area contributed by atoms with Crippen LogP contribution in [0.15, 0.2) is 59.5 Å². The predicted molar refractivity (Wildman–Crippen MR) is 85.4 cm³/mol. The molecule has 3 nitrogen and oxygen atoms in total. The molecule has 0 fully saturated rings. The zero-order valence-corrected chi connectivity index (χ0v) is 12.9. The molecule has 2 aromatic rings. The second-order valence-electron chi connectivity index (χ2n) is 4.56. The molecule has 4 heteroatoms. The topological polar surface area (TPSA) is 37.4 Å². The third kappa shape index (κ3) is 3.45. The smallest absolute Gasteiger partial charge is 0.200 e. The molecule has 0 aromatic heterocycles. The Labute approximate surface area is 126 Å². The fourth-order valence-corrected chi connectivity index (χ4v) is 3.07. The number of hydrogen-bond donors (Lipinski definition) is 0. The Hall–Kier alpha value is -2.25. The van der Waals surface area contributed by atoms with Crippen LogP contribution in [-0.2, 0) is 10.0 Å². The van der Waals surface area contributed by atoms with E-state index < -0.39 is 10.0 Å². The van der Waals surface area contributed by atoms with Crippen LogP contribution in [0.25, 0.3) is 0 Å². The molecule has 0 amide bonds. The molecule has 108 valence electrons. The number of rotatable bonds is 3. The molecule has 0 aliphatic rings. The maximum atomic E-state index is 12.8. The van der Waals surface area contributed by atoms with Gasteiger partial charge in [0.1, 0.15) is 0 Å². The quantitative estimate of drug-likeness (QED) is 0.642. The number of hydrogen-bond acceptors (Lipinski definition) is 2. The molecule has 0 aliphatic heterocycles. The lowest BCUT2D eigenvalue weighted by Crippen LogP contribution is -2.26. The summed E-state index contributed by atoms with van der Waals surface area (Å²) in [7, 11) is -3.68. The highest BCUT2D eigenvalue weighted by Gasteiger charge is 2.23. The van der Waals surface area contributed by atoms with Crippen LogP contribution in [0.1, 0.15) is 18.9 Å². The van der Waals surface area contributed by atoms with E-state index in [1.165, 1.54) is 0 Å². The van der Waals surface area contributed by atoms with Crippen molar-refractivity contribution in [3.8, 4) is 12.0 Å². The van der Waals surface area contributed by atoms with Gasteiger partial charge < -0.3 is 0 Å². The average molecular weight is 299 g/mol. The lowest BCUT2D eigenvalue weighted by Gasteiger charge is -2.18. The molecule has 0 N–H and O–H groups in total. The first-order valence-corrected chi connectivity index (χ1v) is 8.15. The SMILES string of the molecule is CCC#CN(c1ccccc1)S(=O)(=O)c1ccc(C)cc1. The molecule has 0 radical (unpaired) electrons. The van der Waals surface area contributed by atoms with Crippen molar-refractivity contribution < 1.29 is 8.42 Å². The highest BCUT2D eigenvalue weighted by Crippen LogP contribution is 2.22. The molecule has 0 atom stereocenters. The van der Waals surface area contributed by atoms with Gasteiger partial charge in [-0.25, -0.2) is 8.42 Å². The van der Waals surface area contributed by atoms with Gasteiger partial charge in [0.15, 0.2) is 0 Å². The fraction of sp³-hybridized carbons (Fsp3) is 0.176. The third-order valence-corrected chi connectivity index (χ3v) is 4.56. The molecule has 2 aromatic carbocycles. The first kappa shape index (κ1) is 15.1. The predicted octanol–water partition coefficient (Wildman–Crippen LogP) is 3.56. The number of anilines is 1. The van der Waals surface area contributed by atoms with Crippen molar-refractivity contribution in [2.24, 2.45) is 0 Å². The third-order valence-electron chi connectivity index (χ3n) is 2.91. The van der Waals surface area contributed by atoms with Crippen molar-refractivity contribution in [2.75, 3.05) is 4.31 Å². The van der Waals surface area contributed by atoms with Crippen LogP contribution in [0, 0.1) is 18.9 Å². The maximum absolute atomic E-state index is 12.8. The Morgan fingerprint density at radius 2 is 1.62 bits per heavy atom. The van der Waals surface area contributed by atoms with Gasteiger partial charge in [0, 0.05) is 12.5 Å². The van der Waals surface area contributed by atoms with E-state index in [1.54, 1.807) is 48.5 Å². The van der Waals surface area contributed by atoms with Crippen LogP contribution < -0.4 is 4.31 Å². The maximum Gasteiger partial charge on any atom is 0.275 e. The minimum Gasteiger partial charge on any atom is -0.200 e. The summed E-state index contributed by atoms with van der Waals surface area (Å²) in [5.74, 6) is 2.83. The van der Waals surface area contributed by atoms with Crippen molar-refractivity contribution in [2.45, 2.75) is 25.2 Å². The highest BCUT2D eigenvalue weighted by atomic mass is 32.2. The summed E-state index contributed by atoms with van der Waals surface area (Å²) >= 11 is 0. The van der Waals surface area contributed by atoms with Gasteiger partial charge >= 0.3 is 0 Å². The number of aryl methyl sites for hydroxylation is 1. The molecule has 0 saturated carbocycles. The summed E-state index contributed by atoms with van der Waals surface area (Å²) in [4.78, 5) is 0.238. The molecule has 2 rings (SSSR count). The molecule has 0 bridgehead atoms. The zero-order chi connectivity index (χ0) is 15.3. The summed E-state index contributed by atoms with van der Waals surface area (Å²) in [5, 5.41) is 0. The molecule has 0 aliphatic carbocycles. The minimum atomic E-state index is -3.68. The Morgan fingerprint density at radius 3 is 2.19 bits per heavy atom. The molecule has 0 heterocycles. The van der Waals surface area contributed by atoms with Gasteiger partial charge in [-0.05, 0) is 31.2 Å². The van der Waals surface area contributed by atoms with Crippen molar-refractivity contribution in [1.82, 2.24) is 0 Å². The van der Waals surface area contributed by atoms with Crippen LogP contribution in [0.4, 0.5) is 5.69 Å². The van der Waals surface area contributed by atoms with E-state index in [0.717, 1.165) is 9.87 Å². The van der Waals surface area contributed by atoms with Crippen LogP contribution in [-0.4, -0.2) is 8.42 Å². The van der Waals surface area contributed by atoms with Crippen molar-refractivity contribution >= 4 is 15.7 Å². The molecule has 0 spiro atoms. The number of sulfonamides is 1. The van der Waals surface area contributed by atoms with Crippen LogP contribution in [0.5, 0.6) is 0 Å². The van der Waals surface area contributed by atoms with E-state index in [4.69, 9.17) is 0 Å². The van der Waals surface area contributed by atoms with Gasteiger partial charge in [0.05, 0.1) is 10.6 Å². The van der Waals surface area contributed by atoms with Crippen LogP contribution in [0.2, 0.25) is 0 Å². The van der Waals surface area contributed by atoms with Gasteiger partial charge in [-0.2, -0.15) is 4.31 Å². The molecule has 0 saturated heterocycles. The Morgan fingerprint density at radius 1 is 1.00 bits per heavy atom. The van der Waals surface area contributed by atoms with Gasteiger partial charge in [0.25, 0.3) is 10.0 Å². The number of para-hydroxylation sites is 1. The summed E-state index contributed by atoms with van der Waals surface area (Å²) < 4.78 is 26.7. The minimum absolute atomic E-state index is 0.238. The normalized spacial score (nSPS) is 10.6. The lowest BCUT2D eigenvalue weighted by molar-refractivity contribution is 0.596. The van der Waals surface area contributed by atoms with Gasteiger partial charge in [-0.1, -0.05) is 48.7 Å². The largest absolute Gasteiger partial charge is 0.275 e. The van der Waals surface area contributed by atoms with Gasteiger partial charge in [0.2, 0.25) is 0 Å². The monoisotopic (exact) mass is 299 g/mol. The molecular weight excluding hydrogens is 282 g/mol. The van der Waals surface area contributed by atoms with E-state index in [1.807, 2.05) is 19.9 Å². The first-order chi connectivity index (χ1) is 10.1. The first-order valence-electron chi connectivity index (χ1n) is 6.71. The standard InChI is InChI=1S/C17H17NO2S/c1-3-4-14-18(16-8-6-5-7-9-16)21(19,20)17-12-10-15(2)11-13-17/h5-13H,3H2,1-2H3. The second-order valence-corrected chi connectivity index (χ2v) is 6.35. The van der Waals surface area contributed by atoms with Gasteiger partial charge in [-0.3, -0.25) is 0 Å². The van der Waals surface area contributed by atoms with Crippen molar-refractivity contribution in [1.29, 1.82) is 0 Å². The summed E-state index contributed by atoms with van der Waals surface area (Å²) in [5.41, 5.74) is 1.55. The average Bonchev–Trinajstić information content (AvgIpc) is 2.49. The summed E-state index contributed by atoms with van der Waals surface area (Å²) in [6, 6.07) is 18.4. The summed E-state index contributed by atoms with van der Waals surface area (Å²) in [6.45, 7) is 3.80. The zero-order valence-electron chi connectivity index (χ0n) is 12.1. The number of benzene rings is 2. The van der Waals surface area contributed by atoms with E-state index in [-0.39, 0.29) is 4.90 Å². The summed E-state index contributed by atoms with van der Waals surface area (Å²) in [6.07, 6.45) is 0.590. The van der Waals surface area contributed by atoms with E-state index in [2.05, 4.69) is 12.0 Å². The Bertz CT molecular complexity index is 754. The van der Waals surface area contributed by atoms with Gasteiger partial charge in [-0.15, -0.1) is 0 Å².